The lowest BCUT2D eigenvalue weighted by Crippen LogP contribution is -1.76. The lowest BCUT2D eigenvalue weighted by Gasteiger charge is -1.80. The average molecular weight is 102 g/mol. The molecule has 0 N–H and O–H groups in total. The van der Waals surface area contributed by atoms with Crippen molar-refractivity contribution in [2.75, 3.05) is 0 Å². The molecule has 0 aliphatic rings. The monoisotopic (exact) mass is 102 g/mol. The van der Waals surface area contributed by atoms with Crippen LogP contribution in [0.5, 0.6) is 0 Å². The van der Waals surface area contributed by atoms with Crippen molar-refractivity contribution in [3.63, 3.8) is 0 Å². The Hall–Kier alpha value is -1.29. The van der Waals surface area contributed by atoms with Crippen molar-refractivity contribution in [3.05, 3.63) is 30.1 Å². The van der Waals surface area contributed by atoms with Gasteiger partial charge in [-0.15, -0.1) is 6.42 Å². The normalized spacial score (nSPS) is 7.88. The summed E-state index contributed by atoms with van der Waals surface area (Å²) in [5.74, 6) is 2.38. The van der Waals surface area contributed by atoms with Crippen molar-refractivity contribution >= 4 is 0 Å². The fraction of sp³-hybridized carbons (Fsp3) is 0. The molecular formula is C7H4N. The highest BCUT2D eigenvalue weighted by Crippen LogP contribution is 1.86. The standard InChI is InChI=1S/C7H4N/c1-2-7-5-3-4-6-8-7/h1,3-5H. The van der Waals surface area contributed by atoms with E-state index in [2.05, 4.69) is 17.1 Å². The smallest absolute Gasteiger partial charge is 0.113 e. The van der Waals surface area contributed by atoms with E-state index < -0.39 is 0 Å². The molecule has 0 saturated heterocycles. The highest BCUT2D eigenvalue weighted by molar-refractivity contribution is 5.22. The van der Waals surface area contributed by atoms with Crippen LogP contribution in [-0.4, -0.2) is 4.98 Å². The van der Waals surface area contributed by atoms with Crippen molar-refractivity contribution in [2.24, 2.45) is 0 Å². The first kappa shape index (κ1) is 4.86. The molecule has 0 saturated carbocycles. The van der Waals surface area contributed by atoms with Gasteiger partial charge in [0.25, 0.3) is 0 Å². The van der Waals surface area contributed by atoms with Crippen molar-refractivity contribution in [1.29, 1.82) is 0 Å². The van der Waals surface area contributed by atoms with E-state index >= 15 is 0 Å². The van der Waals surface area contributed by atoms with Crippen LogP contribution in [0.15, 0.2) is 18.2 Å². The van der Waals surface area contributed by atoms with E-state index in [1.54, 1.807) is 12.1 Å². The number of rotatable bonds is 0. The van der Waals surface area contributed by atoms with Crippen LogP contribution >= 0.6 is 0 Å². The van der Waals surface area contributed by atoms with Gasteiger partial charge in [-0.25, -0.2) is 4.98 Å². The van der Waals surface area contributed by atoms with Gasteiger partial charge >= 0.3 is 0 Å². The highest BCUT2D eigenvalue weighted by atomic mass is 14.6. The number of nitrogens with zero attached hydrogens (tertiary/aromatic N) is 1. The van der Waals surface area contributed by atoms with Crippen molar-refractivity contribution in [2.45, 2.75) is 0 Å². The largest absolute Gasteiger partial charge is 0.238 e. The highest BCUT2D eigenvalue weighted by Gasteiger charge is 1.78. The van der Waals surface area contributed by atoms with E-state index in [0.29, 0.717) is 5.69 Å². The lowest BCUT2D eigenvalue weighted by atomic mass is 10.4. The predicted molar refractivity (Wildman–Crippen MR) is 31.0 cm³/mol. The van der Waals surface area contributed by atoms with Gasteiger partial charge in [0.2, 0.25) is 0 Å². The molecule has 0 amide bonds. The van der Waals surface area contributed by atoms with Gasteiger partial charge in [0.05, 0.1) is 6.20 Å². The van der Waals surface area contributed by atoms with Crippen LogP contribution in [0.4, 0.5) is 0 Å². The van der Waals surface area contributed by atoms with Gasteiger partial charge in [-0.2, -0.15) is 0 Å². The van der Waals surface area contributed by atoms with Gasteiger partial charge in [-0.05, 0) is 12.1 Å². The zero-order valence-corrected chi connectivity index (χ0v) is 4.26. The Balaban J connectivity index is 3.05. The summed E-state index contributed by atoms with van der Waals surface area (Å²) >= 11 is 0. The molecule has 1 radical (unpaired) electrons. The van der Waals surface area contributed by atoms with E-state index in [4.69, 9.17) is 6.42 Å². The second-order valence-corrected chi connectivity index (χ2v) is 1.30. The summed E-state index contributed by atoms with van der Waals surface area (Å²) in [7, 11) is 0. The molecule has 1 heterocycles. The molecule has 1 aromatic rings. The van der Waals surface area contributed by atoms with E-state index in [1.165, 1.54) is 0 Å². The zero-order chi connectivity index (χ0) is 5.82. The number of pyridine rings is 1. The third kappa shape index (κ3) is 0.855. The molecule has 0 aliphatic carbocycles. The topological polar surface area (TPSA) is 12.9 Å². The maximum Gasteiger partial charge on any atom is 0.113 e. The maximum atomic E-state index is 5.02. The van der Waals surface area contributed by atoms with Crippen LogP contribution in [0.1, 0.15) is 5.69 Å². The van der Waals surface area contributed by atoms with Crippen LogP contribution in [0.2, 0.25) is 0 Å². The molecular weight excluding hydrogens is 98.1 g/mol. The number of hydrogen-bond donors (Lipinski definition) is 0. The minimum Gasteiger partial charge on any atom is -0.238 e. The van der Waals surface area contributed by atoms with Gasteiger partial charge in [0, 0.05) is 0 Å². The molecule has 0 bridgehead atoms. The predicted octanol–water partition coefficient (Wildman–Crippen LogP) is 0.863. The summed E-state index contributed by atoms with van der Waals surface area (Å²) in [6.45, 7) is 0. The van der Waals surface area contributed by atoms with Crippen LogP contribution in [-0.2, 0) is 0 Å². The average Bonchev–Trinajstić information content (AvgIpc) is 1.90. The van der Waals surface area contributed by atoms with E-state index in [9.17, 15) is 0 Å². The minimum atomic E-state index is 0.632. The van der Waals surface area contributed by atoms with Gasteiger partial charge in [-0.3, -0.25) is 0 Å². The molecule has 1 aromatic heterocycles. The maximum absolute atomic E-state index is 5.02. The second-order valence-electron chi connectivity index (χ2n) is 1.30. The molecule has 1 heteroatoms. The summed E-state index contributed by atoms with van der Waals surface area (Å²) < 4.78 is 0. The molecule has 0 aromatic carbocycles. The summed E-state index contributed by atoms with van der Waals surface area (Å²) in [6, 6.07) is 5.28. The first-order valence-corrected chi connectivity index (χ1v) is 2.23. The third-order valence-electron chi connectivity index (χ3n) is 0.758. The molecule has 0 spiro atoms. The second kappa shape index (κ2) is 2.13. The van der Waals surface area contributed by atoms with E-state index in [0.717, 1.165) is 0 Å². The Morgan fingerprint density at radius 1 is 1.75 bits per heavy atom. The van der Waals surface area contributed by atoms with Gasteiger partial charge in [-0.1, -0.05) is 12.0 Å². The van der Waals surface area contributed by atoms with Crippen LogP contribution < -0.4 is 0 Å². The first-order valence-electron chi connectivity index (χ1n) is 2.23. The molecule has 0 fully saturated rings. The number of terminal acetylenes is 1. The number of hydrogen-bond acceptors (Lipinski definition) is 1. The van der Waals surface area contributed by atoms with Gasteiger partial charge in [0.1, 0.15) is 5.69 Å². The summed E-state index contributed by atoms with van der Waals surface area (Å²) in [4.78, 5) is 3.74. The van der Waals surface area contributed by atoms with Crippen LogP contribution in [0.3, 0.4) is 0 Å². The van der Waals surface area contributed by atoms with Crippen molar-refractivity contribution < 1.29 is 0 Å². The Bertz CT molecular complexity index is 195. The van der Waals surface area contributed by atoms with Crippen LogP contribution in [0.25, 0.3) is 0 Å². The minimum absolute atomic E-state index is 0.632. The summed E-state index contributed by atoms with van der Waals surface area (Å²) in [5, 5.41) is 0. The Morgan fingerprint density at radius 3 is 3.00 bits per heavy atom. The number of aromatic nitrogens is 1. The quantitative estimate of drug-likeness (QED) is 0.443. The first-order chi connectivity index (χ1) is 3.93. The summed E-state index contributed by atoms with van der Waals surface area (Å²) in [5.41, 5.74) is 0.632. The van der Waals surface area contributed by atoms with Gasteiger partial charge < -0.3 is 0 Å². The zero-order valence-electron chi connectivity index (χ0n) is 4.26. The fourth-order valence-corrected chi connectivity index (χ4v) is 0.407. The third-order valence-corrected chi connectivity index (χ3v) is 0.758. The molecule has 0 aliphatic heterocycles. The molecule has 1 rings (SSSR count). The fourth-order valence-electron chi connectivity index (χ4n) is 0.407. The molecule has 0 atom stereocenters. The van der Waals surface area contributed by atoms with Crippen molar-refractivity contribution in [3.8, 4) is 12.3 Å². The Morgan fingerprint density at radius 2 is 2.62 bits per heavy atom. The van der Waals surface area contributed by atoms with E-state index in [-0.39, 0.29) is 0 Å². The molecule has 8 heavy (non-hydrogen) atoms. The van der Waals surface area contributed by atoms with Crippen molar-refractivity contribution in [1.82, 2.24) is 4.98 Å². The molecule has 1 nitrogen and oxygen atoms in total. The van der Waals surface area contributed by atoms with Gasteiger partial charge in [0.15, 0.2) is 0 Å². The van der Waals surface area contributed by atoms with E-state index in [1.807, 2.05) is 6.07 Å². The Kier molecular flexibility index (Phi) is 1.29. The van der Waals surface area contributed by atoms with Crippen LogP contribution in [0, 0.1) is 18.5 Å². The lowest BCUT2D eigenvalue weighted by molar-refractivity contribution is 1.27. The Labute approximate surface area is 48.4 Å². The molecule has 37 valence electrons. The SMILES string of the molecule is C#Cc1ccc[c]n1. The summed E-state index contributed by atoms with van der Waals surface area (Å²) in [6.07, 6.45) is 7.64. The molecule has 0 unspecified atom stereocenters.